The predicted octanol–water partition coefficient (Wildman–Crippen LogP) is -3.06. The van der Waals surface area contributed by atoms with Crippen LogP contribution in [0.15, 0.2) is 12.5 Å². The van der Waals surface area contributed by atoms with E-state index in [9.17, 15) is 24.3 Å². The third-order valence-electron chi connectivity index (χ3n) is 4.44. The Hall–Kier alpha value is -2.68. The minimum absolute atomic E-state index is 0.0942. The molecule has 0 aliphatic heterocycles. The molecule has 1 aromatic rings. The lowest BCUT2D eigenvalue weighted by Crippen LogP contribution is -2.60. The average molecular weight is 475 g/mol. The second-order valence-corrected chi connectivity index (χ2v) is 8.02. The molecule has 13 nitrogen and oxygen atoms in total. The minimum Gasteiger partial charge on any atom is -0.480 e. The van der Waals surface area contributed by atoms with Crippen molar-refractivity contribution in [1.82, 2.24) is 25.9 Å². The number of nitrogens with two attached hydrogens (primary N) is 1. The van der Waals surface area contributed by atoms with Gasteiger partial charge in [-0.3, -0.25) is 14.4 Å². The number of thioether (sulfide) groups is 1. The van der Waals surface area contributed by atoms with Gasteiger partial charge in [-0.1, -0.05) is 0 Å². The van der Waals surface area contributed by atoms with Gasteiger partial charge in [0.05, 0.1) is 25.1 Å². The van der Waals surface area contributed by atoms with Gasteiger partial charge in [0.25, 0.3) is 0 Å². The molecule has 0 bridgehead atoms. The molecule has 0 saturated carbocycles. The topological polar surface area (TPSA) is 220 Å². The van der Waals surface area contributed by atoms with Crippen LogP contribution < -0.4 is 21.7 Å². The summed E-state index contributed by atoms with van der Waals surface area (Å²) in [4.78, 5) is 55.4. The molecule has 0 aromatic carbocycles. The van der Waals surface area contributed by atoms with Gasteiger partial charge < -0.3 is 42.0 Å². The predicted molar refractivity (Wildman–Crippen MR) is 115 cm³/mol. The monoisotopic (exact) mass is 474 g/mol. The van der Waals surface area contributed by atoms with Crippen LogP contribution in [0.3, 0.4) is 0 Å². The van der Waals surface area contributed by atoms with E-state index in [1.54, 1.807) is 0 Å². The van der Waals surface area contributed by atoms with Crippen LogP contribution in [0.4, 0.5) is 0 Å². The molecule has 9 N–H and O–H groups in total. The third kappa shape index (κ3) is 8.82. The Morgan fingerprint density at radius 1 is 1.16 bits per heavy atom. The van der Waals surface area contributed by atoms with Crippen molar-refractivity contribution < 1.29 is 34.5 Å². The van der Waals surface area contributed by atoms with E-state index in [4.69, 9.17) is 15.9 Å². The summed E-state index contributed by atoms with van der Waals surface area (Å²) in [6.45, 7) is 0.431. The van der Waals surface area contributed by atoms with Crippen LogP contribution in [0.2, 0.25) is 0 Å². The molecule has 5 unspecified atom stereocenters. The number of carboxylic acids is 1. The van der Waals surface area contributed by atoms with Gasteiger partial charge in [-0.2, -0.15) is 11.8 Å². The van der Waals surface area contributed by atoms with Crippen molar-refractivity contribution in [2.24, 2.45) is 5.73 Å². The first-order valence-corrected chi connectivity index (χ1v) is 11.1. The second-order valence-electron chi connectivity index (χ2n) is 7.04. The van der Waals surface area contributed by atoms with E-state index >= 15 is 0 Å². The fourth-order valence-corrected chi connectivity index (χ4v) is 3.08. The van der Waals surface area contributed by atoms with E-state index in [1.807, 2.05) is 6.26 Å². The summed E-state index contributed by atoms with van der Waals surface area (Å²) < 4.78 is 0. The zero-order valence-corrected chi connectivity index (χ0v) is 18.6. The van der Waals surface area contributed by atoms with Gasteiger partial charge in [0, 0.05) is 18.3 Å². The first-order valence-electron chi connectivity index (χ1n) is 9.75. The van der Waals surface area contributed by atoms with Crippen molar-refractivity contribution in [2.75, 3.05) is 18.6 Å². The van der Waals surface area contributed by atoms with Gasteiger partial charge >= 0.3 is 5.97 Å². The molecule has 5 atom stereocenters. The van der Waals surface area contributed by atoms with Crippen LogP contribution in [0.1, 0.15) is 19.0 Å². The smallest absolute Gasteiger partial charge is 0.328 e. The molecule has 0 radical (unpaired) electrons. The number of carbonyl (C=O) groups excluding carboxylic acids is 3. The molecule has 0 aliphatic carbocycles. The van der Waals surface area contributed by atoms with Crippen molar-refractivity contribution in [1.29, 1.82) is 0 Å². The standard InChI is InChI=1S/C18H30N6O7S/c1-9(26)14(24-15(27)11(19)3-4-32-2)17(29)22-12(5-10-6-20-8-21-10)16(28)23-13(7-25)18(30)31/h6,8-9,11-14,25-26H,3-5,7,19H2,1-2H3,(H,20,21)(H,22,29)(H,23,28)(H,24,27)(H,30,31). The number of H-pyrrole nitrogens is 1. The quantitative estimate of drug-likeness (QED) is 0.136. The molecule has 180 valence electrons. The number of aliphatic hydroxyl groups is 2. The van der Waals surface area contributed by atoms with E-state index in [-0.39, 0.29) is 6.42 Å². The summed E-state index contributed by atoms with van der Waals surface area (Å²) in [5.74, 6) is -3.23. The van der Waals surface area contributed by atoms with E-state index in [0.717, 1.165) is 0 Å². The number of hydrogen-bond donors (Lipinski definition) is 8. The molecular formula is C18H30N6O7S. The van der Waals surface area contributed by atoms with Crippen molar-refractivity contribution in [3.63, 3.8) is 0 Å². The molecule has 1 rings (SSSR count). The zero-order chi connectivity index (χ0) is 24.3. The lowest BCUT2D eigenvalue weighted by molar-refractivity contribution is -0.143. The lowest BCUT2D eigenvalue weighted by Gasteiger charge is -2.26. The Morgan fingerprint density at radius 2 is 1.81 bits per heavy atom. The largest absolute Gasteiger partial charge is 0.480 e. The first-order chi connectivity index (χ1) is 15.1. The number of hydrogen-bond acceptors (Lipinski definition) is 9. The summed E-state index contributed by atoms with van der Waals surface area (Å²) in [5.41, 5.74) is 6.25. The third-order valence-corrected chi connectivity index (χ3v) is 5.09. The average Bonchev–Trinajstić information content (AvgIpc) is 3.25. The summed E-state index contributed by atoms with van der Waals surface area (Å²) in [6.07, 6.45) is 3.58. The SMILES string of the molecule is CSCCC(N)C(=O)NC(C(=O)NC(Cc1cnc[nH]1)C(=O)NC(CO)C(=O)O)C(C)O. The zero-order valence-electron chi connectivity index (χ0n) is 17.8. The van der Waals surface area contributed by atoms with Gasteiger partial charge in [0.2, 0.25) is 17.7 Å². The summed E-state index contributed by atoms with van der Waals surface area (Å²) in [6, 6.07) is -5.17. The molecule has 0 spiro atoms. The highest BCUT2D eigenvalue weighted by Crippen LogP contribution is 2.04. The number of aliphatic carboxylic acids is 1. The van der Waals surface area contributed by atoms with Gasteiger partial charge in [0.1, 0.15) is 18.1 Å². The van der Waals surface area contributed by atoms with Crippen LogP contribution in [-0.4, -0.2) is 97.9 Å². The number of aromatic amines is 1. The minimum atomic E-state index is -1.58. The van der Waals surface area contributed by atoms with Crippen molar-refractivity contribution in [2.45, 2.75) is 50.0 Å². The number of aromatic nitrogens is 2. The fraction of sp³-hybridized carbons (Fsp3) is 0.611. The maximum atomic E-state index is 12.8. The van der Waals surface area contributed by atoms with Crippen molar-refractivity contribution >= 4 is 35.5 Å². The van der Waals surface area contributed by atoms with Crippen LogP contribution in [0.25, 0.3) is 0 Å². The fourth-order valence-electron chi connectivity index (χ4n) is 2.59. The number of nitrogens with zero attached hydrogens (tertiary/aromatic N) is 1. The van der Waals surface area contributed by atoms with Crippen molar-refractivity contribution in [3.8, 4) is 0 Å². The number of carboxylic acid groups (broad SMARTS) is 1. The van der Waals surface area contributed by atoms with Gasteiger partial charge in [0.15, 0.2) is 0 Å². The summed E-state index contributed by atoms with van der Waals surface area (Å²) in [7, 11) is 0. The Bertz CT molecular complexity index is 761. The molecule has 1 heterocycles. The van der Waals surface area contributed by atoms with E-state index in [0.29, 0.717) is 17.9 Å². The molecule has 1 aromatic heterocycles. The van der Waals surface area contributed by atoms with Gasteiger partial charge in [-0.25, -0.2) is 9.78 Å². The molecule has 14 heteroatoms. The number of carbonyl (C=O) groups is 4. The van der Waals surface area contributed by atoms with Gasteiger partial charge in [-0.05, 0) is 25.4 Å². The van der Waals surface area contributed by atoms with E-state index in [2.05, 4.69) is 25.9 Å². The van der Waals surface area contributed by atoms with Crippen molar-refractivity contribution in [3.05, 3.63) is 18.2 Å². The van der Waals surface area contributed by atoms with Crippen LogP contribution in [0.5, 0.6) is 0 Å². The van der Waals surface area contributed by atoms with Gasteiger partial charge in [-0.15, -0.1) is 0 Å². The second kappa shape index (κ2) is 13.7. The summed E-state index contributed by atoms with van der Waals surface area (Å²) in [5, 5.41) is 35.1. The Kier molecular flexibility index (Phi) is 11.7. The Morgan fingerprint density at radius 3 is 2.31 bits per heavy atom. The maximum absolute atomic E-state index is 12.8. The highest BCUT2D eigenvalue weighted by Gasteiger charge is 2.32. The highest BCUT2D eigenvalue weighted by atomic mass is 32.2. The Balaban J connectivity index is 2.96. The molecule has 0 aliphatic rings. The van der Waals surface area contributed by atoms with Crippen LogP contribution in [-0.2, 0) is 25.6 Å². The number of rotatable bonds is 14. The normalized spacial score (nSPS) is 15.7. The summed E-state index contributed by atoms with van der Waals surface area (Å²) >= 11 is 1.50. The molecular weight excluding hydrogens is 444 g/mol. The number of nitrogens with one attached hydrogen (secondary N) is 4. The number of imidazole rings is 1. The van der Waals surface area contributed by atoms with Crippen LogP contribution in [0, 0.1) is 0 Å². The molecule has 32 heavy (non-hydrogen) atoms. The molecule has 3 amide bonds. The van der Waals surface area contributed by atoms with Crippen LogP contribution >= 0.6 is 11.8 Å². The Labute approximate surface area is 188 Å². The molecule has 0 saturated heterocycles. The number of amides is 3. The van der Waals surface area contributed by atoms with E-state index in [1.165, 1.54) is 31.2 Å². The molecule has 0 fully saturated rings. The lowest BCUT2D eigenvalue weighted by atomic mass is 10.1. The maximum Gasteiger partial charge on any atom is 0.328 e. The first kappa shape index (κ1) is 27.4. The van der Waals surface area contributed by atoms with E-state index < -0.39 is 60.6 Å². The number of aliphatic hydroxyl groups excluding tert-OH is 2. The highest BCUT2D eigenvalue weighted by molar-refractivity contribution is 7.98.